The van der Waals surface area contributed by atoms with Crippen LogP contribution in [-0.2, 0) is 9.63 Å². The van der Waals surface area contributed by atoms with Gasteiger partial charge < -0.3 is 4.84 Å². The third kappa shape index (κ3) is 3.50. The van der Waals surface area contributed by atoms with Crippen LogP contribution in [-0.4, -0.2) is 30.5 Å². The Morgan fingerprint density at radius 2 is 2.00 bits per heavy atom. The summed E-state index contributed by atoms with van der Waals surface area (Å²) in [7, 11) is 0. The molecule has 0 bridgehead atoms. The Morgan fingerprint density at radius 1 is 1.50 bits per heavy atom. The number of hydrogen-bond acceptors (Lipinski definition) is 4. The van der Waals surface area contributed by atoms with E-state index in [1.165, 1.54) is 0 Å². The predicted molar refractivity (Wildman–Crippen MR) is 47.2 cm³/mol. The topological polar surface area (TPSA) is 55.6 Å². The van der Waals surface area contributed by atoms with Crippen molar-refractivity contribution in [1.29, 1.82) is 0 Å². The highest BCUT2D eigenvalue weighted by Crippen LogP contribution is 1.97. The first-order valence-electron chi connectivity index (χ1n) is 3.96. The van der Waals surface area contributed by atoms with E-state index >= 15 is 0 Å². The Balaban J connectivity index is 3.89. The van der Waals surface area contributed by atoms with Crippen LogP contribution in [0.4, 0.5) is 0 Å². The lowest BCUT2D eigenvalue weighted by Gasteiger charge is -2.17. The number of likely N-dealkylation sites (N-methyl/N-ethyl adjacent to an activating group) is 1. The van der Waals surface area contributed by atoms with Gasteiger partial charge in [-0.2, -0.15) is 5.90 Å². The van der Waals surface area contributed by atoms with Gasteiger partial charge >= 0.3 is 5.97 Å². The third-order valence-electron chi connectivity index (χ3n) is 1.70. The highest BCUT2D eigenvalue weighted by Gasteiger charge is 2.09. The number of nitrogens with zero attached hydrogens (tertiary/aromatic N) is 1. The van der Waals surface area contributed by atoms with E-state index in [0.29, 0.717) is 12.1 Å². The first kappa shape index (κ1) is 11.1. The van der Waals surface area contributed by atoms with Gasteiger partial charge in [-0.3, -0.25) is 4.90 Å². The van der Waals surface area contributed by atoms with Crippen LogP contribution in [0.2, 0.25) is 0 Å². The van der Waals surface area contributed by atoms with E-state index < -0.39 is 5.97 Å². The molecule has 12 heavy (non-hydrogen) atoms. The number of rotatable bonds is 5. The first-order chi connectivity index (χ1) is 5.65. The molecule has 0 radical (unpaired) electrons. The normalized spacial score (nSPS) is 10.0. The zero-order valence-corrected chi connectivity index (χ0v) is 7.67. The number of hydrogen-bond donors (Lipinski definition) is 1. The maximum atomic E-state index is 10.8. The van der Waals surface area contributed by atoms with Gasteiger partial charge in [-0.05, 0) is 13.1 Å². The van der Waals surface area contributed by atoms with Crippen LogP contribution in [0, 0.1) is 0 Å². The van der Waals surface area contributed by atoms with E-state index in [1.54, 1.807) is 0 Å². The van der Waals surface area contributed by atoms with Gasteiger partial charge in [-0.15, -0.1) is 0 Å². The standard InChI is InChI=1S/C8H16N2O2/c1-4-10(5-2)6-7(3)8(11)12-9/h3-6,9H2,1-2H3. The van der Waals surface area contributed by atoms with Crippen molar-refractivity contribution in [2.75, 3.05) is 19.6 Å². The molecule has 0 aliphatic heterocycles. The van der Waals surface area contributed by atoms with Gasteiger partial charge in [0.15, 0.2) is 0 Å². The molecule has 0 aromatic carbocycles. The van der Waals surface area contributed by atoms with Crippen molar-refractivity contribution in [3.8, 4) is 0 Å². The van der Waals surface area contributed by atoms with Crippen LogP contribution in [0.3, 0.4) is 0 Å². The minimum atomic E-state index is -0.540. The summed E-state index contributed by atoms with van der Waals surface area (Å²) in [6.45, 7) is 9.88. The third-order valence-corrected chi connectivity index (χ3v) is 1.70. The van der Waals surface area contributed by atoms with Gasteiger partial charge in [-0.25, -0.2) is 4.79 Å². The van der Waals surface area contributed by atoms with Crippen molar-refractivity contribution in [3.63, 3.8) is 0 Å². The molecule has 2 N–H and O–H groups in total. The fraction of sp³-hybridized carbons (Fsp3) is 0.625. The average Bonchev–Trinajstić information content (AvgIpc) is 2.12. The lowest BCUT2D eigenvalue weighted by atomic mass is 10.3. The quantitative estimate of drug-likeness (QED) is 0.478. The molecule has 0 atom stereocenters. The summed E-state index contributed by atoms with van der Waals surface area (Å²) in [6, 6.07) is 0. The Hall–Kier alpha value is -0.870. The molecule has 0 aromatic rings. The van der Waals surface area contributed by atoms with Gasteiger partial charge in [0.25, 0.3) is 0 Å². The molecular formula is C8H16N2O2. The fourth-order valence-electron chi connectivity index (χ4n) is 0.865. The summed E-state index contributed by atoms with van der Waals surface area (Å²) >= 11 is 0. The summed E-state index contributed by atoms with van der Waals surface area (Å²) in [6.07, 6.45) is 0. The molecule has 4 nitrogen and oxygen atoms in total. The summed E-state index contributed by atoms with van der Waals surface area (Å²) in [5.74, 6) is 4.16. The second kappa shape index (κ2) is 5.74. The van der Waals surface area contributed by atoms with Gasteiger partial charge in [0.05, 0.1) is 0 Å². The van der Waals surface area contributed by atoms with Gasteiger partial charge in [0, 0.05) is 12.1 Å². The lowest BCUT2D eigenvalue weighted by molar-refractivity contribution is -0.139. The maximum Gasteiger partial charge on any atom is 0.353 e. The van der Waals surface area contributed by atoms with E-state index in [-0.39, 0.29) is 0 Å². The highest BCUT2D eigenvalue weighted by atomic mass is 16.7. The second-order valence-electron chi connectivity index (χ2n) is 2.47. The Labute approximate surface area is 72.9 Å². The predicted octanol–water partition coefficient (Wildman–Crippen LogP) is 0.301. The number of nitrogens with two attached hydrogens (primary N) is 1. The molecule has 0 saturated heterocycles. The Morgan fingerprint density at radius 3 is 2.33 bits per heavy atom. The zero-order chi connectivity index (χ0) is 9.56. The smallest absolute Gasteiger partial charge is 0.353 e. The van der Waals surface area contributed by atoms with Crippen LogP contribution in [0.5, 0.6) is 0 Å². The van der Waals surface area contributed by atoms with Crippen LogP contribution in [0.1, 0.15) is 13.8 Å². The van der Waals surface area contributed by atoms with Crippen LogP contribution >= 0.6 is 0 Å². The van der Waals surface area contributed by atoms with Crippen LogP contribution in [0.15, 0.2) is 12.2 Å². The molecule has 0 aliphatic carbocycles. The molecule has 0 spiro atoms. The molecule has 0 saturated carbocycles. The van der Waals surface area contributed by atoms with Crippen molar-refractivity contribution in [3.05, 3.63) is 12.2 Å². The summed E-state index contributed by atoms with van der Waals surface area (Å²) < 4.78 is 0. The molecule has 0 heterocycles. The SMILES string of the molecule is C=C(CN(CC)CC)C(=O)ON. The van der Waals surface area contributed by atoms with E-state index in [2.05, 4.69) is 16.3 Å². The summed E-state index contributed by atoms with van der Waals surface area (Å²) in [4.78, 5) is 16.9. The molecule has 0 aromatic heterocycles. The summed E-state index contributed by atoms with van der Waals surface area (Å²) in [5.41, 5.74) is 0.390. The lowest BCUT2D eigenvalue weighted by Crippen LogP contribution is -2.28. The monoisotopic (exact) mass is 172 g/mol. The first-order valence-corrected chi connectivity index (χ1v) is 3.96. The van der Waals surface area contributed by atoms with Crippen molar-refractivity contribution in [2.45, 2.75) is 13.8 Å². The molecule has 4 heteroatoms. The minimum Gasteiger partial charge on any atom is -0.370 e. The van der Waals surface area contributed by atoms with E-state index in [0.717, 1.165) is 13.1 Å². The number of carbonyl (C=O) groups is 1. The van der Waals surface area contributed by atoms with Crippen molar-refractivity contribution < 1.29 is 9.63 Å². The Bertz CT molecular complexity index is 164. The second-order valence-corrected chi connectivity index (χ2v) is 2.47. The fourth-order valence-corrected chi connectivity index (χ4v) is 0.865. The van der Waals surface area contributed by atoms with E-state index in [9.17, 15) is 4.79 Å². The molecule has 0 unspecified atom stereocenters. The van der Waals surface area contributed by atoms with E-state index in [1.807, 2.05) is 13.8 Å². The Kier molecular flexibility index (Phi) is 5.32. The molecule has 0 aliphatic rings. The van der Waals surface area contributed by atoms with Gasteiger partial charge in [0.2, 0.25) is 0 Å². The van der Waals surface area contributed by atoms with Crippen LogP contribution < -0.4 is 5.90 Å². The van der Waals surface area contributed by atoms with Crippen molar-refractivity contribution in [1.82, 2.24) is 4.90 Å². The highest BCUT2D eigenvalue weighted by molar-refractivity contribution is 5.87. The summed E-state index contributed by atoms with van der Waals surface area (Å²) in [5, 5.41) is 0. The molecular weight excluding hydrogens is 156 g/mol. The molecule has 0 rings (SSSR count). The van der Waals surface area contributed by atoms with Crippen LogP contribution in [0.25, 0.3) is 0 Å². The average molecular weight is 172 g/mol. The zero-order valence-electron chi connectivity index (χ0n) is 7.67. The van der Waals surface area contributed by atoms with Gasteiger partial charge in [0.1, 0.15) is 0 Å². The maximum absolute atomic E-state index is 10.8. The van der Waals surface area contributed by atoms with Crippen molar-refractivity contribution in [2.24, 2.45) is 5.90 Å². The largest absolute Gasteiger partial charge is 0.370 e. The molecule has 0 amide bonds. The number of carbonyl (C=O) groups excluding carboxylic acids is 1. The molecule has 0 fully saturated rings. The minimum absolute atomic E-state index is 0.390. The van der Waals surface area contributed by atoms with E-state index in [4.69, 9.17) is 5.90 Å². The van der Waals surface area contributed by atoms with Gasteiger partial charge in [-0.1, -0.05) is 20.4 Å². The van der Waals surface area contributed by atoms with Crippen molar-refractivity contribution >= 4 is 5.97 Å². The molecule has 70 valence electrons.